The van der Waals surface area contributed by atoms with Gasteiger partial charge in [0.25, 0.3) is 5.91 Å². The number of halogens is 2. The molecule has 0 aliphatic heterocycles. The van der Waals surface area contributed by atoms with Crippen LogP contribution in [0, 0.1) is 17.6 Å². The number of hydrogen-bond donors (Lipinski definition) is 2. The van der Waals surface area contributed by atoms with Crippen LogP contribution in [0.3, 0.4) is 0 Å². The summed E-state index contributed by atoms with van der Waals surface area (Å²) >= 11 is 0. The first kappa shape index (κ1) is 20.5. The molecule has 1 amide bonds. The summed E-state index contributed by atoms with van der Waals surface area (Å²) in [6, 6.07) is 8.42. The van der Waals surface area contributed by atoms with Gasteiger partial charge in [0.15, 0.2) is 0 Å². The number of nitrogens with one attached hydrogen (secondary N) is 2. The van der Waals surface area contributed by atoms with Crippen molar-refractivity contribution in [1.82, 2.24) is 9.88 Å². The van der Waals surface area contributed by atoms with Gasteiger partial charge in [0.1, 0.15) is 11.6 Å². The van der Waals surface area contributed by atoms with Crippen molar-refractivity contribution in [2.75, 3.05) is 25.0 Å². The maximum atomic E-state index is 13.4. The molecule has 1 aliphatic carbocycles. The summed E-state index contributed by atoms with van der Waals surface area (Å²) in [6.45, 7) is 5.52. The van der Waals surface area contributed by atoms with E-state index in [1.54, 1.807) is 6.07 Å². The molecule has 4 rings (SSSR count). The number of rotatable bonds is 9. The minimum absolute atomic E-state index is 0.0443. The lowest BCUT2D eigenvalue weighted by atomic mass is 10.1. The zero-order chi connectivity index (χ0) is 21.1. The van der Waals surface area contributed by atoms with Gasteiger partial charge in [-0.25, -0.2) is 8.78 Å². The molecule has 2 N–H and O–H groups in total. The summed E-state index contributed by atoms with van der Waals surface area (Å²) in [5.74, 6) is -1.21. The smallest absolute Gasteiger partial charge is 0.255 e. The highest BCUT2D eigenvalue weighted by atomic mass is 19.1. The van der Waals surface area contributed by atoms with Gasteiger partial charge in [0, 0.05) is 47.5 Å². The number of H-pyrrole nitrogens is 1. The molecular weight excluding hydrogens is 384 g/mol. The van der Waals surface area contributed by atoms with Gasteiger partial charge in [0.05, 0.1) is 0 Å². The van der Waals surface area contributed by atoms with Crippen molar-refractivity contribution < 1.29 is 13.6 Å². The standard InChI is InChI=1S/C24H27F2N3O/c1-2-8-29(15-16-3-4-16)9-7-17-14-27-23-6-5-21(13-22(17)23)28-24(30)18-10-19(25)12-20(26)11-18/h5-6,10-14,16,27H,2-4,7-9,15H2,1H3,(H,28,30). The zero-order valence-corrected chi connectivity index (χ0v) is 17.2. The molecule has 0 atom stereocenters. The van der Waals surface area contributed by atoms with E-state index in [0.717, 1.165) is 61.0 Å². The van der Waals surface area contributed by atoms with E-state index in [1.165, 1.54) is 24.9 Å². The summed E-state index contributed by atoms with van der Waals surface area (Å²) in [7, 11) is 0. The maximum absolute atomic E-state index is 13.4. The number of carbonyl (C=O) groups is 1. The molecule has 1 fully saturated rings. The Hall–Kier alpha value is -2.73. The first-order chi connectivity index (χ1) is 14.5. The number of anilines is 1. The molecule has 2 aromatic carbocycles. The molecule has 1 heterocycles. The predicted octanol–water partition coefficient (Wildman–Crippen LogP) is 5.36. The van der Waals surface area contributed by atoms with Gasteiger partial charge in [-0.1, -0.05) is 6.92 Å². The SMILES string of the molecule is CCCN(CCc1c[nH]c2ccc(NC(=O)c3cc(F)cc(F)c3)cc12)CC1CC1. The van der Waals surface area contributed by atoms with E-state index in [4.69, 9.17) is 0 Å². The fraction of sp³-hybridized carbons (Fsp3) is 0.375. The molecular formula is C24H27F2N3O. The molecule has 1 aliphatic rings. The van der Waals surface area contributed by atoms with E-state index in [-0.39, 0.29) is 5.56 Å². The van der Waals surface area contributed by atoms with Crippen molar-refractivity contribution in [2.24, 2.45) is 5.92 Å². The number of aromatic amines is 1. The minimum atomic E-state index is -0.772. The van der Waals surface area contributed by atoms with E-state index < -0.39 is 17.5 Å². The number of benzene rings is 2. The first-order valence-electron chi connectivity index (χ1n) is 10.6. The minimum Gasteiger partial charge on any atom is -0.361 e. The van der Waals surface area contributed by atoms with Gasteiger partial charge < -0.3 is 15.2 Å². The molecule has 158 valence electrons. The van der Waals surface area contributed by atoms with Crippen molar-refractivity contribution in [3.05, 3.63) is 65.4 Å². The van der Waals surface area contributed by atoms with Gasteiger partial charge in [0.2, 0.25) is 0 Å². The molecule has 4 nitrogen and oxygen atoms in total. The summed E-state index contributed by atoms with van der Waals surface area (Å²) in [5.41, 5.74) is 2.76. The monoisotopic (exact) mass is 411 g/mol. The summed E-state index contributed by atoms with van der Waals surface area (Å²) < 4.78 is 26.8. The second-order valence-electron chi connectivity index (χ2n) is 8.18. The molecule has 30 heavy (non-hydrogen) atoms. The first-order valence-corrected chi connectivity index (χ1v) is 10.6. The summed E-state index contributed by atoms with van der Waals surface area (Å²) in [5, 5.41) is 3.80. The Morgan fingerprint density at radius 2 is 1.90 bits per heavy atom. The Morgan fingerprint density at radius 3 is 2.60 bits per heavy atom. The number of hydrogen-bond acceptors (Lipinski definition) is 2. The van der Waals surface area contributed by atoms with Crippen LogP contribution >= 0.6 is 0 Å². The number of nitrogens with zero attached hydrogens (tertiary/aromatic N) is 1. The third-order valence-electron chi connectivity index (χ3n) is 5.60. The fourth-order valence-corrected chi connectivity index (χ4v) is 3.91. The molecule has 0 spiro atoms. The lowest BCUT2D eigenvalue weighted by molar-refractivity contribution is 0.102. The third kappa shape index (κ3) is 5.05. The van der Waals surface area contributed by atoms with E-state index in [1.807, 2.05) is 18.3 Å². The van der Waals surface area contributed by atoms with Crippen molar-refractivity contribution >= 4 is 22.5 Å². The Labute approximate surface area is 175 Å². The Morgan fingerprint density at radius 1 is 1.13 bits per heavy atom. The number of amides is 1. The van der Waals surface area contributed by atoms with Crippen molar-refractivity contribution in [3.8, 4) is 0 Å². The molecule has 6 heteroatoms. The van der Waals surface area contributed by atoms with Crippen molar-refractivity contribution in [3.63, 3.8) is 0 Å². The Balaban J connectivity index is 1.47. The van der Waals surface area contributed by atoms with E-state index in [9.17, 15) is 13.6 Å². The molecule has 0 bridgehead atoms. The summed E-state index contributed by atoms with van der Waals surface area (Å²) in [6.07, 6.45) is 6.81. The van der Waals surface area contributed by atoms with E-state index in [0.29, 0.717) is 5.69 Å². The van der Waals surface area contributed by atoms with Crippen LogP contribution in [0.1, 0.15) is 42.1 Å². The maximum Gasteiger partial charge on any atom is 0.255 e. The van der Waals surface area contributed by atoms with E-state index in [2.05, 4.69) is 22.1 Å². The quantitative estimate of drug-likeness (QED) is 0.498. The molecule has 1 saturated carbocycles. The second kappa shape index (κ2) is 8.96. The lowest BCUT2D eigenvalue weighted by Gasteiger charge is -2.21. The zero-order valence-electron chi connectivity index (χ0n) is 17.2. The third-order valence-corrected chi connectivity index (χ3v) is 5.60. The van der Waals surface area contributed by atoms with Crippen LogP contribution in [-0.4, -0.2) is 35.4 Å². The van der Waals surface area contributed by atoms with Gasteiger partial charge in [-0.15, -0.1) is 0 Å². The van der Waals surface area contributed by atoms with Crippen LogP contribution in [0.5, 0.6) is 0 Å². The van der Waals surface area contributed by atoms with Crippen molar-refractivity contribution in [1.29, 1.82) is 0 Å². The molecule has 0 radical (unpaired) electrons. The molecule has 0 unspecified atom stereocenters. The highest BCUT2D eigenvalue weighted by Gasteiger charge is 2.23. The predicted molar refractivity (Wildman–Crippen MR) is 116 cm³/mol. The van der Waals surface area contributed by atoms with Gasteiger partial charge in [-0.3, -0.25) is 4.79 Å². The number of carbonyl (C=O) groups excluding carboxylic acids is 1. The van der Waals surface area contributed by atoms with Crippen LogP contribution in [0.4, 0.5) is 14.5 Å². The van der Waals surface area contributed by atoms with Gasteiger partial charge in [-0.05, 0) is 74.0 Å². The fourth-order valence-electron chi connectivity index (χ4n) is 3.91. The number of fused-ring (bicyclic) bond motifs is 1. The lowest BCUT2D eigenvalue weighted by Crippen LogP contribution is -2.29. The average Bonchev–Trinajstić information content (AvgIpc) is 3.43. The topological polar surface area (TPSA) is 48.1 Å². The molecule has 0 saturated heterocycles. The van der Waals surface area contributed by atoms with Gasteiger partial charge >= 0.3 is 0 Å². The largest absolute Gasteiger partial charge is 0.361 e. The van der Waals surface area contributed by atoms with Gasteiger partial charge in [-0.2, -0.15) is 0 Å². The van der Waals surface area contributed by atoms with Crippen LogP contribution in [-0.2, 0) is 6.42 Å². The van der Waals surface area contributed by atoms with E-state index >= 15 is 0 Å². The van der Waals surface area contributed by atoms with Crippen LogP contribution in [0.2, 0.25) is 0 Å². The van der Waals surface area contributed by atoms with Crippen molar-refractivity contribution in [2.45, 2.75) is 32.6 Å². The van der Waals surface area contributed by atoms with Crippen LogP contribution in [0.25, 0.3) is 10.9 Å². The summed E-state index contributed by atoms with van der Waals surface area (Å²) in [4.78, 5) is 18.3. The highest BCUT2D eigenvalue weighted by molar-refractivity contribution is 6.05. The van der Waals surface area contributed by atoms with Crippen LogP contribution < -0.4 is 5.32 Å². The molecule has 3 aromatic rings. The average molecular weight is 411 g/mol. The Kier molecular flexibility index (Phi) is 6.13. The second-order valence-corrected chi connectivity index (χ2v) is 8.18. The van der Waals surface area contributed by atoms with Crippen LogP contribution in [0.15, 0.2) is 42.6 Å². The number of aromatic nitrogens is 1. The highest BCUT2D eigenvalue weighted by Crippen LogP contribution is 2.30. The molecule has 1 aromatic heterocycles. The Bertz CT molecular complexity index is 1020. The normalized spacial score (nSPS) is 13.9.